The first-order valence-electron chi connectivity index (χ1n) is 10.6. The van der Waals surface area contributed by atoms with Crippen LogP contribution in [0.2, 0.25) is 0 Å². The maximum atomic E-state index is 2.47. The van der Waals surface area contributed by atoms with Gasteiger partial charge < -0.3 is 0 Å². The summed E-state index contributed by atoms with van der Waals surface area (Å²) in [5, 5.41) is 0. The third-order valence-electron chi connectivity index (χ3n) is 7.39. The van der Waals surface area contributed by atoms with E-state index in [1.807, 2.05) is 0 Å². The average molecular weight is 327 g/mol. The summed E-state index contributed by atoms with van der Waals surface area (Å²) in [6.45, 7) is 9.26. The highest BCUT2D eigenvalue weighted by Gasteiger charge is 2.24. The van der Waals surface area contributed by atoms with Crippen molar-refractivity contribution in [3.05, 3.63) is 34.4 Å². The standard InChI is InChI=1S/C24H38/c1-17-5-7-21(8-6-17)9-10-22-11-13-23(14-12-22)24-15-18(2)20(4)19(3)16-24/h15-17,21-23H,5-14H2,1-4H3. The molecule has 3 rings (SSSR count). The normalized spacial score (nSPS) is 31.2. The summed E-state index contributed by atoms with van der Waals surface area (Å²) >= 11 is 0. The second-order valence-corrected chi connectivity index (χ2v) is 9.20. The molecule has 134 valence electrons. The van der Waals surface area contributed by atoms with Crippen LogP contribution in [0.3, 0.4) is 0 Å². The van der Waals surface area contributed by atoms with Crippen molar-refractivity contribution in [2.75, 3.05) is 0 Å². The lowest BCUT2D eigenvalue weighted by molar-refractivity contribution is 0.237. The van der Waals surface area contributed by atoms with Gasteiger partial charge in [0.05, 0.1) is 0 Å². The zero-order valence-corrected chi connectivity index (χ0v) is 16.5. The van der Waals surface area contributed by atoms with Crippen molar-refractivity contribution >= 4 is 0 Å². The van der Waals surface area contributed by atoms with Crippen LogP contribution in [0.1, 0.15) is 99.3 Å². The minimum atomic E-state index is 0.829. The molecular weight excluding hydrogens is 288 g/mol. The number of aryl methyl sites for hydroxylation is 2. The van der Waals surface area contributed by atoms with Gasteiger partial charge in [-0.05, 0) is 92.4 Å². The van der Waals surface area contributed by atoms with Gasteiger partial charge in [0, 0.05) is 0 Å². The molecule has 0 amide bonds. The molecule has 2 saturated carbocycles. The van der Waals surface area contributed by atoms with Crippen molar-refractivity contribution in [2.45, 2.75) is 97.8 Å². The molecular formula is C24H38. The fourth-order valence-electron chi connectivity index (χ4n) is 5.18. The fraction of sp³-hybridized carbons (Fsp3) is 0.750. The first-order valence-corrected chi connectivity index (χ1v) is 10.6. The van der Waals surface area contributed by atoms with Crippen molar-refractivity contribution in [1.82, 2.24) is 0 Å². The quantitative estimate of drug-likeness (QED) is 0.537. The Kier molecular flexibility index (Phi) is 6.06. The largest absolute Gasteiger partial charge is 0.0625 e. The van der Waals surface area contributed by atoms with Crippen LogP contribution in [0.4, 0.5) is 0 Å². The van der Waals surface area contributed by atoms with Gasteiger partial charge in [-0.15, -0.1) is 0 Å². The summed E-state index contributed by atoms with van der Waals surface area (Å²) in [5.41, 5.74) is 6.07. The highest BCUT2D eigenvalue weighted by molar-refractivity contribution is 5.38. The summed E-state index contributed by atoms with van der Waals surface area (Å²) in [6, 6.07) is 4.94. The van der Waals surface area contributed by atoms with Crippen LogP contribution in [-0.4, -0.2) is 0 Å². The molecule has 1 aromatic rings. The molecule has 0 unspecified atom stereocenters. The van der Waals surface area contributed by atoms with Gasteiger partial charge in [0.25, 0.3) is 0 Å². The summed E-state index contributed by atoms with van der Waals surface area (Å²) in [6.07, 6.45) is 14.8. The molecule has 1 aromatic carbocycles. The minimum Gasteiger partial charge on any atom is -0.0625 e. The topological polar surface area (TPSA) is 0 Å². The lowest BCUT2D eigenvalue weighted by Crippen LogP contribution is -2.17. The van der Waals surface area contributed by atoms with Gasteiger partial charge in [-0.25, -0.2) is 0 Å². The van der Waals surface area contributed by atoms with Crippen LogP contribution >= 0.6 is 0 Å². The Bertz CT molecular complexity index is 502. The zero-order chi connectivity index (χ0) is 17.1. The van der Waals surface area contributed by atoms with E-state index in [0.717, 1.165) is 23.7 Å². The molecule has 0 aliphatic heterocycles. The smallest absolute Gasteiger partial charge is 0.0162 e. The molecule has 0 bridgehead atoms. The van der Waals surface area contributed by atoms with E-state index in [4.69, 9.17) is 0 Å². The average Bonchev–Trinajstić information content (AvgIpc) is 2.59. The number of benzene rings is 1. The molecule has 2 aliphatic rings. The van der Waals surface area contributed by atoms with Gasteiger partial charge in [-0.3, -0.25) is 0 Å². The number of hydrogen-bond donors (Lipinski definition) is 0. The molecule has 0 heterocycles. The highest BCUT2D eigenvalue weighted by Crippen LogP contribution is 2.40. The summed E-state index contributed by atoms with van der Waals surface area (Å²) in [4.78, 5) is 0. The predicted octanol–water partition coefficient (Wildman–Crippen LogP) is 7.49. The predicted molar refractivity (Wildman–Crippen MR) is 106 cm³/mol. The summed E-state index contributed by atoms with van der Waals surface area (Å²) in [5.74, 6) is 3.91. The van der Waals surface area contributed by atoms with E-state index in [0.29, 0.717) is 0 Å². The molecule has 0 radical (unpaired) electrons. The first kappa shape index (κ1) is 18.0. The van der Waals surface area contributed by atoms with E-state index in [9.17, 15) is 0 Å². The van der Waals surface area contributed by atoms with Gasteiger partial charge in [0.2, 0.25) is 0 Å². The summed E-state index contributed by atoms with van der Waals surface area (Å²) in [7, 11) is 0. The fourth-order valence-corrected chi connectivity index (χ4v) is 5.18. The van der Waals surface area contributed by atoms with E-state index >= 15 is 0 Å². The van der Waals surface area contributed by atoms with Crippen molar-refractivity contribution in [1.29, 1.82) is 0 Å². The molecule has 0 N–H and O–H groups in total. The molecule has 0 atom stereocenters. The third-order valence-corrected chi connectivity index (χ3v) is 7.39. The molecule has 2 aliphatic carbocycles. The lowest BCUT2D eigenvalue weighted by Gasteiger charge is -2.31. The van der Waals surface area contributed by atoms with Gasteiger partial charge in [0.1, 0.15) is 0 Å². The monoisotopic (exact) mass is 326 g/mol. The first-order chi connectivity index (χ1) is 11.5. The zero-order valence-electron chi connectivity index (χ0n) is 16.5. The van der Waals surface area contributed by atoms with Crippen molar-refractivity contribution in [2.24, 2.45) is 17.8 Å². The molecule has 0 nitrogen and oxygen atoms in total. The third kappa shape index (κ3) is 4.44. The van der Waals surface area contributed by atoms with E-state index in [1.165, 1.54) is 80.9 Å². The second kappa shape index (κ2) is 8.07. The van der Waals surface area contributed by atoms with Crippen LogP contribution in [-0.2, 0) is 0 Å². The van der Waals surface area contributed by atoms with Crippen molar-refractivity contribution < 1.29 is 0 Å². The Labute approximate surface area is 150 Å². The minimum absolute atomic E-state index is 0.829. The van der Waals surface area contributed by atoms with Crippen LogP contribution in [0.15, 0.2) is 12.1 Å². The highest BCUT2D eigenvalue weighted by atomic mass is 14.3. The van der Waals surface area contributed by atoms with E-state index < -0.39 is 0 Å². The maximum Gasteiger partial charge on any atom is -0.0162 e. The number of hydrogen-bond acceptors (Lipinski definition) is 0. The van der Waals surface area contributed by atoms with Gasteiger partial charge in [0.15, 0.2) is 0 Å². The lowest BCUT2D eigenvalue weighted by atomic mass is 9.74. The van der Waals surface area contributed by atoms with Crippen molar-refractivity contribution in [3.8, 4) is 0 Å². The Morgan fingerprint density at radius 3 is 1.67 bits per heavy atom. The molecule has 0 aromatic heterocycles. The molecule has 0 heteroatoms. The molecule has 0 saturated heterocycles. The van der Waals surface area contributed by atoms with E-state index in [-0.39, 0.29) is 0 Å². The van der Waals surface area contributed by atoms with Gasteiger partial charge >= 0.3 is 0 Å². The Hall–Kier alpha value is -0.780. The Balaban J connectivity index is 1.46. The van der Waals surface area contributed by atoms with E-state index in [1.54, 1.807) is 5.56 Å². The second-order valence-electron chi connectivity index (χ2n) is 9.20. The van der Waals surface area contributed by atoms with Crippen LogP contribution in [0, 0.1) is 38.5 Å². The van der Waals surface area contributed by atoms with Gasteiger partial charge in [-0.2, -0.15) is 0 Å². The van der Waals surface area contributed by atoms with Crippen LogP contribution in [0.5, 0.6) is 0 Å². The molecule has 24 heavy (non-hydrogen) atoms. The SMILES string of the molecule is Cc1cc(C2CCC(CCC3CCC(C)CC3)CC2)cc(C)c1C. The van der Waals surface area contributed by atoms with Crippen LogP contribution in [0.25, 0.3) is 0 Å². The van der Waals surface area contributed by atoms with Crippen LogP contribution < -0.4 is 0 Å². The van der Waals surface area contributed by atoms with Gasteiger partial charge in [-0.1, -0.05) is 57.6 Å². The summed E-state index contributed by atoms with van der Waals surface area (Å²) < 4.78 is 0. The molecule has 2 fully saturated rings. The number of rotatable bonds is 4. The van der Waals surface area contributed by atoms with Crippen molar-refractivity contribution in [3.63, 3.8) is 0 Å². The Morgan fingerprint density at radius 1 is 0.708 bits per heavy atom. The Morgan fingerprint density at radius 2 is 1.17 bits per heavy atom. The maximum absolute atomic E-state index is 2.47. The molecule has 0 spiro atoms. The van der Waals surface area contributed by atoms with E-state index in [2.05, 4.69) is 39.8 Å².